The number of nitrogens with one attached hydrogen (secondary N) is 1. The Balaban J connectivity index is 1.79. The van der Waals surface area contributed by atoms with E-state index in [0.29, 0.717) is 23.9 Å². The Bertz CT molecular complexity index is 1150. The summed E-state index contributed by atoms with van der Waals surface area (Å²) < 4.78 is 57.5. The van der Waals surface area contributed by atoms with E-state index in [2.05, 4.69) is 12.8 Å². The van der Waals surface area contributed by atoms with Crippen molar-refractivity contribution in [3.05, 3.63) is 32.6 Å². The lowest BCUT2D eigenvalue weighted by atomic mass is 10.0. The lowest BCUT2D eigenvalue weighted by Gasteiger charge is -2.24. The van der Waals surface area contributed by atoms with Crippen LogP contribution in [0.3, 0.4) is 0 Å². The Labute approximate surface area is 265 Å². The molecule has 1 aromatic rings. The molecule has 3 atom stereocenters. The first kappa shape index (κ1) is 38.4. The highest BCUT2D eigenvalue weighted by atomic mass is 19.4. The van der Waals surface area contributed by atoms with Crippen molar-refractivity contribution in [2.45, 2.75) is 141 Å². The molecular weight excluding hydrogens is 591 g/mol. The maximum Gasteiger partial charge on any atom is 0.423 e. The minimum atomic E-state index is -4.97. The summed E-state index contributed by atoms with van der Waals surface area (Å²) in [5.74, 6) is 2.32. The first-order valence-corrected chi connectivity index (χ1v) is 16.7. The predicted molar refractivity (Wildman–Crippen MR) is 167 cm³/mol. The highest BCUT2D eigenvalue weighted by molar-refractivity contribution is 5.67. The van der Waals surface area contributed by atoms with E-state index >= 15 is 0 Å². The molecule has 0 aliphatic carbocycles. The van der Waals surface area contributed by atoms with Gasteiger partial charge in [0.1, 0.15) is 31.1 Å². The number of nitrogens with zero attached hydrogens (tertiary/aromatic N) is 2. The second-order valence-electron chi connectivity index (χ2n) is 11.8. The van der Waals surface area contributed by atoms with E-state index in [1.54, 1.807) is 9.88 Å². The number of amides is 1. The van der Waals surface area contributed by atoms with Crippen LogP contribution in [-0.4, -0.2) is 59.1 Å². The van der Waals surface area contributed by atoms with Crippen molar-refractivity contribution in [3.63, 3.8) is 0 Å². The zero-order chi connectivity index (χ0) is 33.1. The molecule has 1 amide bonds. The van der Waals surface area contributed by atoms with E-state index in [0.717, 1.165) is 25.7 Å². The number of aromatic nitrogens is 2. The molecule has 2 rings (SSSR count). The van der Waals surface area contributed by atoms with E-state index in [4.69, 9.17) is 20.6 Å². The number of aromatic amines is 1. The minimum Gasteiger partial charge on any atom is -0.447 e. The predicted octanol–water partition coefficient (Wildman–Crippen LogP) is 7.19. The Kier molecular flexibility index (Phi) is 18.0. The number of ether oxygens (including phenoxy) is 3. The van der Waals surface area contributed by atoms with Crippen LogP contribution in [0.15, 0.2) is 15.8 Å². The molecule has 0 aromatic carbocycles. The maximum atomic E-state index is 13.3. The van der Waals surface area contributed by atoms with Gasteiger partial charge in [0.15, 0.2) is 0 Å². The maximum absolute atomic E-state index is 13.3. The highest BCUT2D eigenvalue weighted by Gasteiger charge is 2.41. The van der Waals surface area contributed by atoms with Gasteiger partial charge in [-0.1, -0.05) is 103 Å². The van der Waals surface area contributed by atoms with E-state index in [9.17, 15) is 27.6 Å². The molecule has 1 aliphatic rings. The Hall–Kier alpha value is -2.78. The number of hydrogen-bond acceptors (Lipinski definition) is 6. The summed E-state index contributed by atoms with van der Waals surface area (Å²) in [7, 11) is 0. The molecular formula is C33H52F3N3O6. The molecule has 9 nitrogen and oxygen atoms in total. The SMILES string of the molecule is C#CCO[C@H]1C[C@H](n2cc(C(F)(F)F)c(=O)[nH]c2=O)O[C@@H]1COC(=O)N(CCC)CCCCCCCCCCCCCCCC. The van der Waals surface area contributed by atoms with Gasteiger partial charge in [-0.2, -0.15) is 13.2 Å². The second-order valence-corrected chi connectivity index (χ2v) is 11.8. The van der Waals surface area contributed by atoms with Crippen LogP contribution in [0.4, 0.5) is 18.0 Å². The summed E-state index contributed by atoms with van der Waals surface area (Å²) in [4.78, 5) is 40.3. The van der Waals surface area contributed by atoms with Gasteiger partial charge < -0.3 is 19.1 Å². The Morgan fingerprint density at radius 2 is 1.56 bits per heavy atom. The summed E-state index contributed by atoms with van der Waals surface area (Å²) in [5, 5.41) is 0. The normalized spacial score (nSPS) is 18.2. The molecule has 2 heterocycles. The monoisotopic (exact) mass is 643 g/mol. The van der Waals surface area contributed by atoms with Crippen LogP contribution in [0.1, 0.15) is 128 Å². The standard InChI is InChI=1S/C33H52F3N3O6/c1-4-7-8-9-10-11-12-13-14-15-16-17-18-19-21-38(20-5-2)32(42)44-25-28-27(43-22-6-3)23-29(45-28)39-24-26(33(34,35)36)30(40)37-31(39)41/h3,24,27-29H,4-5,7-23,25H2,1-2H3,(H,37,40,41)/t27-,28+,29+/m0/s1. The van der Waals surface area contributed by atoms with Crippen LogP contribution in [0.25, 0.3) is 0 Å². The molecule has 12 heteroatoms. The lowest BCUT2D eigenvalue weighted by molar-refractivity contribution is -0.139. The second kappa shape index (κ2) is 21.1. The van der Waals surface area contributed by atoms with E-state index in [1.807, 2.05) is 6.92 Å². The molecule has 1 fully saturated rings. The quantitative estimate of drug-likeness (QED) is 0.106. The lowest BCUT2D eigenvalue weighted by Crippen LogP contribution is -2.37. The van der Waals surface area contributed by atoms with Crippen molar-refractivity contribution >= 4 is 6.09 Å². The molecule has 1 N–H and O–H groups in total. The first-order valence-electron chi connectivity index (χ1n) is 16.7. The fourth-order valence-corrected chi connectivity index (χ4v) is 5.56. The average Bonchev–Trinajstić information content (AvgIpc) is 3.40. The Morgan fingerprint density at radius 3 is 2.09 bits per heavy atom. The van der Waals surface area contributed by atoms with E-state index < -0.39 is 47.5 Å². The molecule has 0 unspecified atom stereocenters. The largest absolute Gasteiger partial charge is 0.447 e. The van der Waals surface area contributed by atoms with Gasteiger partial charge in [0.05, 0.1) is 6.10 Å². The molecule has 45 heavy (non-hydrogen) atoms. The smallest absolute Gasteiger partial charge is 0.423 e. The molecule has 256 valence electrons. The topological polar surface area (TPSA) is 103 Å². The van der Waals surface area contributed by atoms with Gasteiger partial charge in [0.25, 0.3) is 5.56 Å². The van der Waals surface area contributed by atoms with Crippen LogP contribution in [0.5, 0.6) is 0 Å². The Morgan fingerprint density at radius 1 is 0.978 bits per heavy atom. The molecule has 0 radical (unpaired) electrons. The van der Waals surface area contributed by atoms with Gasteiger partial charge in [0, 0.05) is 25.7 Å². The van der Waals surface area contributed by atoms with Crippen LogP contribution in [0.2, 0.25) is 0 Å². The van der Waals surface area contributed by atoms with Crippen molar-refractivity contribution in [2.75, 3.05) is 26.3 Å². The zero-order valence-electron chi connectivity index (χ0n) is 27.0. The number of unbranched alkanes of at least 4 members (excludes halogenated alkanes) is 13. The van der Waals surface area contributed by atoms with Gasteiger partial charge >= 0.3 is 18.0 Å². The van der Waals surface area contributed by atoms with Crippen molar-refractivity contribution in [2.24, 2.45) is 0 Å². The summed E-state index contributed by atoms with van der Waals surface area (Å²) in [6.45, 7) is 4.94. The van der Waals surface area contributed by atoms with Crippen LogP contribution in [-0.2, 0) is 20.4 Å². The summed E-state index contributed by atoms with van der Waals surface area (Å²) in [6, 6.07) is 0. The average molecular weight is 644 g/mol. The number of hydrogen-bond donors (Lipinski definition) is 1. The summed E-state index contributed by atoms with van der Waals surface area (Å²) in [5.41, 5.74) is -4.13. The minimum absolute atomic E-state index is 0.0368. The summed E-state index contributed by atoms with van der Waals surface area (Å²) in [6.07, 6.45) is 15.5. The number of rotatable bonds is 22. The highest BCUT2D eigenvalue weighted by Crippen LogP contribution is 2.32. The molecule has 1 saturated heterocycles. The number of terminal acetylenes is 1. The fraction of sp³-hybridized carbons (Fsp3) is 0.788. The van der Waals surface area contributed by atoms with Crippen LogP contribution < -0.4 is 11.2 Å². The van der Waals surface area contributed by atoms with E-state index in [-0.39, 0.29) is 19.6 Å². The number of halogens is 3. The number of carbonyl (C=O) groups excluding carboxylic acids is 1. The zero-order valence-corrected chi connectivity index (χ0v) is 27.0. The number of alkyl halides is 3. The van der Waals surface area contributed by atoms with Crippen LogP contribution in [0, 0.1) is 12.3 Å². The molecule has 1 aromatic heterocycles. The van der Waals surface area contributed by atoms with Gasteiger partial charge in [-0.3, -0.25) is 14.3 Å². The molecule has 0 spiro atoms. The number of H-pyrrole nitrogens is 1. The first-order chi connectivity index (χ1) is 21.6. The van der Waals surface area contributed by atoms with Gasteiger partial charge in [-0.25, -0.2) is 9.59 Å². The third kappa shape index (κ3) is 14.0. The number of carbonyl (C=O) groups is 1. The molecule has 0 saturated carbocycles. The molecule has 0 bridgehead atoms. The van der Waals surface area contributed by atoms with Gasteiger partial charge in [0.2, 0.25) is 0 Å². The van der Waals surface area contributed by atoms with Crippen molar-refractivity contribution in [3.8, 4) is 12.3 Å². The summed E-state index contributed by atoms with van der Waals surface area (Å²) >= 11 is 0. The molecule has 1 aliphatic heterocycles. The third-order valence-electron chi connectivity index (χ3n) is 8.05. The van der Waals surface area contributed by atoms with Gasteiger partial charge in [-0.05, 0) is 12.8 Å². The van der Waals surface area contributed by atoms with Crippen molar-refractivity contribution in [1.29, 1.82) is 0 Å². The van der Waals surface area contributed by atoms with Crippen molar-refractivity contribution < 1.29 is 32.2 Å². The van der Waals surface area contributed by atoms with E-state index in [1.165, 1.54) is 70.6 Å². The van der Waals surface area contributed by atoms with Crippen LogP contribution >= 0.6 is 0 Å². The third-order valence-corrected chi connectivity index (χ3v) is 8.05. The fourth-order valence-electron chi connectivity index (χ4n) is 5.56. The van der Waals surface area contributed by atoms with Gasteiger partial charge in [-0.15, -0.1) is 6.42 Å². The van der Waals surface area contributed by atoms with Crippen molar-refractivity contribution in [1.82, 2.24) is 14.5 Å².